The highest BCUT2D eigenvalue weighted by molar-refractivity contribution is 6.26. The van der Waals surface area contributed by atoms with Crippen LogP contribution in [0.4, 0.5) is 5.69 Å². The molecule has 0 aliphatic rings. The van der Waals surface area contributed by atoms with Gasteiger partial charge in [0.1, 0.15) is 5.75 Å². The minimum Gasteiger partial charge on any atom is -0.497 e. The minimum atomic E-state index is -0.0594. The van der Waals surface area contributed by atoms with Crippen LogP contribution in [0.3, 0.4) is 0 Å². The van der Waals surface area contributed by atoms with Crippen molar-refractivity contribution in [2.75, 3.05) is 7.11 Å². The molecule has 0 aromatic heterocycles. The summed E-state index contributed by atoms with van der Waals surface area (Å²) >= 11 is 0. The van der Waals surface area contributed by atoms with Crippen LogP contribution < -0.4 is 4.74 Å². The van der Waals surface area contributed by atoms with E-state index >= 15 is 0 Å². The van der Waals surface area contributed by atoms with E-state index in [9.17, 15) is 4.79 Å². The number of benzene rings is 1. The number of ether oxygens (including phenoxy) is 1. The van der Waals surface area contributed by atoms with Gasteiger partial charge in [-0.15, -0.1) is 0 Å². The molecule has 0 N–H and O–H groups in total. The van der Waals surface area contributed by atoms with Crippen molar-refractivity contribution in [3.05, 3.63) is 24.3 Å². The molecule has 1 aromatic rings. The summed E-state index contributed by atoms with van der Waals surface area (Å²) in [6, 6.07) is 7.18. The Morgan fingerprint density at radius 1 is 1.27 bits per heavy atom. The first-order chi connectivity index (χ1) is 7.22. The Labute approximate surface area is 90.8 Å². The van der Waals surface area contributed by atoms with Gasteiger partial charge in [0.15, 0.2) is 5.78 Å². The van der Waals surface area contributed by atoms with Crippen molar-refractivity contribution in [2.45, 2.75) is 20.8 Å². The van der Waals surface area contributed by atoms with Crippen LogP contribution >= 0.6 is 0 Å². The number of ketones is 1. The lowest BCUT2D eigenvalue weighted by Gasteiger charge is -1.97. The maximum Gasteiger partial charge on any atom is 0.170 e. The lowest BCUT2D eigenvalue weighted by Crippen LogP contribution is -1.88. The second-order valence-corrected chi connectivity index (χ2v) is 2.57. The van der Waals surface area contributed by atoms with Gasteiger partial charge in [-0.25, -0.2) is 0 Å². The first-order valence-electron chi connectivity index (χ1n) is 4.91. The zero-order valence-electron chi connectivity index (χ0n) is 9.65. The average molecular weight is 207 g/mol. The van der Waals surface area contributed by atoms with Gasteiger partial charge in [0.2, 0.25) is 0 Å². The number of nitrogens with zero attached hydrogens (tertiary/aromatic N) is 1. The van der Waals surface area contributed by atoms with Crippen LogP contribution in [-0.4, -0.2) is 19.1 Å². The molecule has 0 aliphatic carbocycles. The average Bonchev–Trinajstić information content (AvgIpc) is 2.30. The molecule has 0 spiro atoms. The standard InChI is InChI=1S/C10H11NO2.C2H6/c1-8(12)7-11-9-3-5-10(13-2)6-4-9;1-2/h3-7H,1-2H3;1-2H3. The molecule has 15 heavy (non-hydrogen) atoms. The minimum absolute atomic E-state index is 0.0594. The largest absolute Gasteiger partial charge is 0.497 e. The molecule has 0 heterocycles. The van der Waals surface area contributed by atoms with E-state index in [1.165, 1.54) is 13.1 Å². The Hall–Kier alpha value is -1.64. The number of Topliss-reactive ketones (excluding diaryl/α,β-unsaturated/α-hetero) is 1. The highest BCUT2D eigenvalue weighted by atomic mass is 16.5. The Bertz CT molecular complexity index is 315. The molecule has 1 rings (SSSR count). The molecule has 3 nitrogen and oxygen atoms in total. The molecule has 1 aromatic carbocycles. The normalized spacial score (nSPS) is 9.33. The number of carbonyl (C=O) groups excluding carboxylic acids is 1. The van der Waals surface area contributed by atoms with E-state index in [1.54, 1.807) is 31.4 Å². The lowest BCUT2D eigenvalue weighted by atomic mass is 10.3. The number of carbonyl (C=O) groups is 1. The number of hydrogen-bond donors (Lipinski definition) is 0. The Morgan fingerprint density at radius 2 is 1.80 bits per heavy atom. The Kier molecular flexibility index (Phi) is 6.89. The predicted octanol–water partition coefficient (Wildman–Crippen LogP) is 3.01. The van der Waals surface area contributed by atoms with Crippen LogP contribution in [0.5, 0.6) is 5.75 Å². The first kappa shape index (κ1) is 13.4. The van der Waals surface area contributed by atoms with E-state index in [0.717, 1.165) is 11.4 Å². The Morgan fingerprint density at radius 3 is 2.20 bits per heavy atom. The molecule has 0 radical (unpaired) electrons. The summed E-state index contributed by atoms with van der Waals surface area (Å²) in [6.45, 7) is 5.47. The van der Waals surface area contributed by atoms with Crippen molar-refractivity contribution in [3.8, 4) is 5.75 Å². The number of rotatable bonds is 3. The third-order valence-corrected chi connectivity index (χ3v) is 1.47. The SMILES string of the molecule is CC.COc1ccc(N=CC(C)=O)cc1. The fourth-order valence-corrected chi connectivity index (χ4v) is 0.834. The number of aliphatic imine (C=N–C) groups is 1. The Balaban J connectivity index is 0.000000921. The summed E-state index contributed by atoms with van der Waals surface area (Å²) in [5.74, 6) is 0.720. The van der Waals surface area contributed by atoms with Crippen LogP contribution in [0, 0.1) is 0 Å². The van der Waals surface area contributed by atoms with Crippen LogP contribution in [0.2, 0.25) is 0 Å². The van der Waals surface area contributed by atoms with E-state index < -0.39 is 0 Å². The van der Waals surface area contributed by atoms with Crippen molar-refractivity contribution >= 4 is 17.7 Å². The lowest BCUT2D eigenvalue weighted by molar-refractivity contribution is -0.110. The predicted molar refractivity (Wildman–Crippen MR) is 63.2 cm³/mol. The van der Waals surface area contributed by atoms with Gasteiger partial charge in [0.05, 0.1) is 19.0 Å². The quantitative estimate of drug-likeness (QED) is 0.714. The molecule has 0 atom stereocenters. The van der Waals surface area contributed by atoms with Crippen molar-refractivity contribution < 1.29 is 9.53 Å². The van der Waals surface area contributed by atoms with Gasteiger partial charge in [0.25, 0.3) is 0 Å². The van der Waals surface area contributed by atoms with Crippen molar-refractivity contribution in [2.24, 2.45) is 4.99 Å². The molecule has 82 valence electrons. The summed E-state index contributed by atoms with van der Waals surface area (Å²) < 4.78 is 4.98. The third-order valence-electron chi connectivity index (χ3n) is 1.47. The highest BCUT2D eigenvalue weighted by Gasteiger charge is 1.91. The van der Waals surface area contributed by atoms with Crippen LogP contribution in [0.15, 0.2) is 29.3 Å². The van der Waals surface area contributed by atoms with Crippen molar-refractivity contribution in [3.63, 3.8) is 0 Å². The van der Waals surface area contributed by atoms with E-state index in [4.69, 9.17) is 4.74 Å². The number of hydrogen-bond acceptors (Lipinski definition) is 3. The van der Waals surface area contributed by atoms with Gasteiger partial charge in [-0.3, -0.25) is 9.79 Å². The van der Waals surface area contributed by atoms with Gasteiger partial charge in [0, 0.05) is 6.92 Å². The molecule has 0 saturated carbocycles. The maximum atomic E-state index is 10.6. The third kappa shape index (κ3) is 5.62. The molecule has 0 fully saturated rings. The topological polar surface area (TPSA) is 38.7 Å². The molecular formula is C12H17NO2. The van der Waals surface area contributed by atoms with Crippen LogP contribution in [0.25, 0.3) is 0 Å². The van der Waals surface area contributed by atoms with Gasteiger partial charge >= 0.3 is 0 Å². The second-order valence-electron chi connectivity index (χ2n) is 2.57. The maximum absolute atomic E-state index is 10.6. The van der Waals surface area contributed by atoms with Gasteiger partial charge in [-0.1, -0.05) is 13.8 Å². The van der Waals surface area contributed by atoms with Gasteiger partial charge in [-0.05, 0) is 24.3 Å². The molecule has 3 heteroatoms. The summed E-state index contributed by atoms with van der Waals surface area (Å²) in [7, 11) is 1.61. The fraction of sp³-hybridized carbons (Fsp3) is 0.333. The number of methoxy groups -OCH3 is 1. The fourth-order valence-electron chi connectivity index (χ4n) is 0.834. The van der Waals surface area contributed by atoms with E-state index in [0.29, 0.717) is 0 Å². The summed E-state index contributed by atoms with van der Waals surface area (Å²) in [4.78, 5) is 14.5. The molecule has 0 amide bonds. The second kappa shape index (κ2) is 7.74. The van der Waals surface area contributed by atoms with Gasteiger partial charge in [-0.2, -0.15) is 0 Å². The first-order valence-corrected chi connectivity index (χ1v) is 4.91. The zero-order valence-corrected chi connectivity index (χ0v) is 9.65. The van der Waals surface area contributed by atoms with Crippen LogP contribution in [0.1, 0.15) is 20.8 Å². The monoisotopic (exact) mass is 207 g/mol. The molecule has 0 bridgehead atoms. The van der Waals surface area contributed by atoms with E-state index in [2.05, 4.69) is 4.99 Å². The summed E-state index contributed by atoms with van der Waals surface area (Å²) in [6.07, 6.45) is 1.29. The molecule has 0 saturated heterocycles. The molecule has 0 unspecified atom stereocenters. The van der Waals surface area contributed by atoms with E-state index in [-0.39, 0.29) is 5.78 Å². The smallest absolute Gasteiger partial charge is 0.170 e. The zero-order chi connectivity index (χ0) is 11.7. The summed E-state index contributed by atoms with van der Waals surface area (Å²) in [5, 5.41) is 0. The van der Waals surface area contributed by atoms with Crippen molar-refractivity contribution in [1.82, 2.24) is 0 Å². The van der Waals surface area contributed by atoms with Crippen LogP contribution in [-0.2, 0) is 4.79 Å². The van der Waals surface area contributed by atoms with Gasteiger partial charge < -0.3 is 4.74 Å². The highest BCUT2D eigenvalue weighted by Crippen LogP contribution is 2.16. The molecular weight excluding hydrogens is 190 g/mol. The van der Waals surface area contributed by atoms with E-state index in [1.807, 2.05) is 13.8 Å². The molecule has 0 aliphatic heterocycles. The van der Waals surface area contributed by atoms with Crippen molar-refractivity contribution in [1.29, 1.82) is 0 Å². The summed E-state index contributed by atoms with van der Waals surface area (Å²) in [5.41, 5.74) is 0.746.